The van der Waals surface area contributed by atoms with Crippen molar-refractivity contribution in [3.05, 3.63) is 23.8 Å². The lowest BCUT2D eigenvalue weighted by Crippen LogP contribution is -2.05. The summed E-state index contributed by atoms with van der Waals surface area (Å²) in [5.41, 5.74) is 8.87. The molecule has 1 saturated carbocycles. The van der Waals surface area contributed by atoms with Crippen LogP contribution < -0.4 is 5.73 Å². The van der Waals surface area contributed by atoms with Gasteiger partial charge in [-0.1, -0.05) is 25.0 Å². The van der Waals surface area contributed by atoms with Gasteiger partial charge in [0.1, 0.15) is 0 Å². The highest BCUT2D eigenvalue weighted by atomic mass is 15.5. The van der Waals surface area contributed by atoms with Gasteiger partial charge >= 0.3 is 0 Å². The molecule has 1 aliphatic carbocycles. The molecule has 19 heavy (non-hydrogen) atoms. The third kappa shape index (κ3) is 2.59. The molecule has 100 valence electrons. The second-order valence-electron chi connectivity index (χ2n) is 5.35. The summed E-state index contributed by atoms with van der Waals surface area (Å²) in [5.74, 6) is 1.72. The van der Waals surface area contributed by atoms with Gasteiger partial charge in [-0.3, -0.25) is 0 Å². The maximum atomic E-state index is 6.12. The highest BCUT2D eigenvalue weighted by Gasteiger charge is 2.21. The molecule has 0 saturated heterocycles. The van der Waals surface area contributed by atoms with Crippen LogP contribution in [0.25, 0.3) is 11.4 Å². The van der Waals surface area contributed by atoms with Crippen molar-refractivity contribution in [3.63, 3.8) is 0 Å². The van der Waals surface area contributed by atoms with E-state index in [9.17, 15) is 0 Å². The van der Waals surface area contributed by atoms with Crippen molar-refractivity contribution >= 4 is 5.69 Å². The largest absolute Gasteiger partial charge is 0.398 e. The normalized spacial score (nSPS) is 14.8. The zero-order chi connectivity index (χ0) is 13.2. The molecule has 0 unspecified atom stereocenters. The van der Waals surface area contributed by atoms with Gasteiger partial charge in [0.25, 0.3) is 0 Å². The molecule has 3 rings (SSSR count). The third-order valence-corrected chi connectivity index (χ3v) is 3.78. The number of rotatable bonds is 5. The minimum Gasteiger partial charge on any atom is -0.398 e. The van der Waals surface area contributed by atoms with Gasteiger partial charge in [0.2, 0.25) is 0 Å². The summed E-state index contributed by atoms with van der Waals surface area (Å²) in [5, 5.41) is 12.0. The number of hydrogen-bond acceptors (Lipinski definition) is 4. The van der Waals surface area contributed by atoms with Gasteiger partial charge in [-0.25, -0.2) is 4.68 Å². The Labute approximate surface area is 112 Å². The monoisotopic (exact) mass is 257 g/mol. The van der Waals surface area contributed by atoms with Crippen LogP contribution in [-0.2, 0) is 6.54 Å². The molecular formula is C14H19N5. The predicted octanol–water partition coefficient (Wildman–Crippen LogP) is 2.42. The molecule has 1 heterocycles. The highest BCUT2D eigenvalue weighted by Crippen LogP contribution is 2.33. The zero-order valence-electron chi connectivity index (χ0n) is 11.2. The molecule has 2 N–H and O–H groups in total. The molecule has 0 spiro atoms. The minimum atomic E-state index is 0.765. The fourth-order valence-electron chi connectivity index (χ4n) is 2.36. The minimum absolute atomic E-state index is 0.765. The van der Waals surface area contributed by atoms with Crippen LogP contribution in [0, 0.1) is 12.8 Å². The van der Waals surface area contributed by atoms with Gasteiger partial charge in [-0.2, -0.15) is 0 Å². The van der Waals surface area contributed by atoms with Crippen molar-refractivity contribution in [1.29, 1.82) is 0 Å². The number of nitrogens with two attached hydrogens (primary N) is 1. The Hall–Kier alpha value is -1.91. The molecule has 2 aromatic rings. The van der Waals surface area contributed by atoms with Crippen LogP contribution in [0.3, 0.4) is 0 Å². The molecule has 0 radical (unpaired) electrons. The number of aromatic nitrogens is 4. The van der Waals surface area contributed by atoms with Crippen LogP contribution in [0.2, 0.25) is 0 Å². The van der Waals surface area contributed by atoms with Crippen molar-refractivity contribution in [3.8, 4) is 11.4 Å². The number of anilines is 1. The van der Waals surface area contributed by atoms with E-state index in [0.29, 0.717) is 0 Å². The Kier molecular flexibility index (Phi) is 3.19. The lowest BCUT2D eigenvalue weighted by atomic mass is 10.1. The molecule has 0 atom stereocenters. The van der Waals surface area contributed by atoms with Gasteiger partial charge in [-0.05, 0) is 47.7 Å². The second-order valence-corrected chi connectivity index (χ2v) is 5.35. The molecule has 5 nitrogen and oxygen atoms in total. The summed E-state index contributed by atoms with van der Waals surface area (Å²) in [6.45, 7) is 2.87. The van der Waals surface area contributed by atoms with Crippen LogP contribution in [0.1, 0.15) is 31.2 Å². The van der Waals surface area contributed by atoms with E-state index < -0.39 is 0 Å². The number of aryl methyl sites for hydroxylation is 2. The second kappa shape index (κ2) is 4.99. The van der Waals surface area contributed by atoms with Crippen molar-refractivity contribution in [1.82, 2.24) is 20.2 Å². The van der Waals surface area contributed by atoms with Crippen LogP contribution in [0.15, 0.2) is 18.2 Å². The topological polar surface area (TPSA) is 69.6 Å². The van der Waals surface area contributed by atoms with E-state index in [4.69, 9.17) is 5.73 Å². The molecule has 1 fully saturated rings. The summed E-state index contributed by atoms with van der Waals surface area (Å²) >= 11 is 0. The average Bonchev–Trinajstić information content (AvgIpc) is 3.11. The number of para-hydroxylation sites is 1. The van der Waals surface area contributed by atoms with Gasteiger partial charge < -0.3 is 5.73 Å². The number of nitrogens with zero attached hydrogens (tertiary/aromatic N) is 4. The van der Waals surface area contributed by atoms with Gasteiger partial charge in [-0.15, -0.1) is 5.10 Å². The molecule has 0 bridgehead atoms. The molecule has 0 aliphatic heterocycles. The Morgan fingerprint density at radius 3 is 3.00 bits per heavy atom. The fourth-order valence-corrected chi connectivity index (χ4v) is 2.36. The van der Waals surface area contributed by atoms with E-state index in [1.165, 1.54) is 19.3 Å². The average molecular weight is 257 g/mol. The van der Waals surface area contributed by atoms with Gasteiger partial charge in [0.15, 0.2) is 5.82 Å². The molecular weight excluding hydrogens is 238 g/mol. The summed E-state index contributed by atoms with van der Waals surface area (Å²) in [7, 11) is 0. The van der Waals surface area contributed by atoms with E-state index in [-0.39, 0.29) is 0 Å². The van der Waals surface area contributed by atoms with Crippen LogP contribution in [0.5, 0.6) is 0 Å². The lowest BCUT2D eigenvalue weighted by molar-refractivity contribution is 0.527. The molecule has 1 aromatic heterocycles. The Balaban J connectivity index is 1.79. The highest BCUT2D eigenvalue weighted by molar-refractivity contribution is 5.73. The number of benzene rings is 1. The first-order chi connectivity index (χ1) is 9.25. The summed E-state index contributed by atoms with van der Waals surface area (Å²) < 4.78 is 1.87. The standard InChI is InChI=1S/C14H19N5/c1-10-4-2-6-12(13(10)15)14-16-17-18-19(14)9-3-5-11-7-8-11/h2,4,6,11H,3,5,7-9,15H2,1H3. The quantitative estimate of drug-likeness (QED) is 0.835. The lowest BCUT2D eigenvalue weighted by Gasteiger charge is -2.08. The van der Waals surface area contributed by atoms with E-state index >= 15 is 0 Å². The van der Waals surface area contributed by atoms with Crippen molar-refractivity contribution in [2.45, 2.75) is 39.2 Å². The van der Waals surface area contributed by atoms with E-state index in [2.05, 4.69) is 15.5 Å². The number of tetrazole rings is 1. The first kappa shape index (κ1) is 12.1. The summed E-state index contributed by atoms with van der Waals surface area (Å²) in [6.07, 6.45) is 5.21. The van der Waals surface area contributed by atoms with Crippen LogP contribution in [0.4, 0.5) is 5.69 Å². The molecule has 5 heteroatoms. The SMILES string of the molecule is Cc1cccc(-c2nnnn2CCCC2CC2)c1N. The molecule has 0 amide bonds. The Morgan fingerprint density at radius 1 is 1.37 bits per heavy atom. The van der Waals surface area contributed by atoms with E-state index in [1.807, 2.05) is 29.8 Å². The van der Waals surface area contributed by atoms with Crippen LogP contribution in [-0.4, -0.2) is 20.2 Å². The van der Waals surface area contributed by atoms with E-state index in [1.54, 1.807) is 0 Å². The smallest absolute Gasteiger partial charge is 0.184 e. The van der Waals surface area contributed by atoms with Crippen molar-refractivity contribution < 1.29 is 0 Å². The Bertz CT molecular complexity index is 571. The first-order valence-corrected chi connectivity index (χ1v) is 6.87. The molecule has 1 aliphatic rings. The van der Waals surface area contributed by atoms with Crippen LogP contribution >= 0.6 is 0 Å². The van der Waals surface area contributed by atoms with Crippen molar-refractivity contribution in [2.24, 2.45) is 5.92 Å². The first-order valence-electron chi connectivity index (χ1n) is 6.87. The van der Waals surface area contributed by atoms with Gasteiger partial charge in [0.05, 0.1) is 0 Å². The van der Waals surface area contributed by atoms with E-state index in [0.717, 1.165) is 41.5 Å². The summed E-state index contributed by atoms with van der Waals surface area (Å²) in [4.78, 5) is 0. The summed E-state index contributed by atoms with van der Waals surface area (Å²) in [6, 6.07) is 5.97. The number of hydrogen-bond donors (Lipinski definition) is 1. The maximum absolute atomic E-state index is 6.12. The third-order valence-electron chi connectivity index (χ3n) is 3.78. The van der Waals surface area contributed by atoms with Crippen molar-refractivity contribution in [2.75, 3.05) is 5.73 Å². The van der Waals surface area contributed by atoms with Gasteiger partial charge in [0, 0.05) is 17.8 Å². The number of nitrogen functional groups attached to an aromatic ring is 1. The zero-order valence-corrected chi connectivity index (χ0v) is 11.2. The predicted molar refractivity (Wildman–Crippen MR) is 74.4 cm³/mol. The molecule has 1 aromatic carbocycles. The fraction of sp³-hybridized carbons (Fsp3) is 0.500. The maximum Gasteiger partial charge on any atom is 0.184 e. The Morgan fingerprint density at radius 2 is 2.21 bits per heavy atom.